The van der Waals surface area contributed by atoms with Crippen LogP contribution in [-0.4, -0.2) is 15.0 Å². The van der Waals surface area contributed by atoms with Crippen LogP contribution < -0.4 is 0 Å². The highest BCUT2D eigenvalue weighted by Crippen LogP contribution is 2.42. The zero-order valence-electron chi connectivity index (χ0n) is 28.9. The highest BCUT2D eigenvalue weighted by molar-refractivity contribution is 7.26. The Balaban J connectivity index is 0.995. The molecule has 0 N–H and O–H groups in total. The van der Waals surface area contributed by atoms with E-state index in [4.69, 9.17) is 15.0 Å². The Morgan fingerprint density at radius 3 is 1.63 bits per heavy atom. The van der Waals surface area contributed by atoms with Gasteiger partial charge in [-0.15, -0.1) is 22.7 Å². The van der Waals surface area contributed by atoms with E-state index in [1.807, 2.05) is 29.5 Å². The van der Waals surface area contributed by atoms with Crippen LogP contribution >= 0.6 is 22.7 Å². The zero-order chi connectivity index (χ0) is 35.6. The molecule has 0 amide bonds. The lowest BCUT2D eigenvalue weighted by Crippen LogP contribution is -1.96. The summed E-state index contributed by atoms with van der Waals surface area (Å²) in [6, 6.07) is 62.4. The third kappa shape index (κ3) is 5.12. The summed E-state index contributed by atoms with van der Waals surface area (Å²) in [5.74, 6) is 0.703. The van der Waals surface area contributed by atoms with Crippen molar-refractivity contribution in [1.82, 2.24) is 15.0 Å². The highest BCUT2D eigenvalue weighted by Gasteiger charge is 2.17. The third-order valence-corrected chi connectivity index (χ3v) is 12.6. The van der Waals surface area contributed by atoms with Gasteiger partial charge < -0.3 is 0 Å². The molecule has 252 valence electrons. The highest BCUT2D eigenvalue weighted by atomic mass is 32.1. The lowest BCUT2D eigenvalue weighted by Gasteiger charge is -2.11. The molecule has 0 saturated heterocycles. The van der Waals surface area contributed by atoms with Crippen LogP contribution in [0.5, 0.6) is 0 Å². The molecule has 0 atom stereocenters. The summed E-state index contributed by atoms with van der Waals surface area (Å²) >= 11 is 3.62. The number of hydrogen-bond acceptors (Lipinski definition) is 5. The van der Waals surface area contributed by atoms with E-state index >= 15 is 0 Å². The maximum Gasteiger partial charge on any atom is 0.160 e. The number of thiophene rings is 2. The van der Waals surface area contributed by atoms with Crippen LogP contribution in [0.1, 0.15) is 0 Å². The SMILES string of the molecule is c1ccc(-c2nc(-c3ccc(-c4nc5sc6ccccc6c5c5ccccc45)cc3)cc(-c3ccc(-c4cccc5c4sc4ccccc45)cc3)n2)cc1. The second kappa shape index (κ2) is 12.6. The van der Waals surface area contributed by atoms with Crippen LogP contribution in [-0.2, 0) is 0 Å². The molecular weight excluding hydrogens is 695 g/mol. The molecular formula is C49H29N3S2. The lowest BCUT2D eigenvalue weighted by molar-refractivity contribution is 1.18. The van der Waals surface area contributed by atoms with E-state index in [9.17, 15) is 0 Å². The number of fused-ring (bicyclic) bond motifs is 8. The van der Waals surface area contributed by atoms with Crippen LogP contribution in [0, 0.1) is 0 Å². The van der Waals surface area contributed by atoms with Crippen molar-refractivity contribution in [2.24, 2.45) is 0 Å². The molecule has 4 aromatic heterocycles. The summed E-state index contributed by atoms with van der Waals surface area (Å²) in [5, 5.41) is 7.51. The summed E-state index contributed by atoms with van der Waals surface area (Å²) < 4.78 is 3.89. The summed E-state index contributed by atoms with van der Waals surface area (Å²) in [6.07, 6.45) is 0. The smallest absolute Gasteiger partial charge is 0.160 e. The largest absolute Gasteiger partial charge is 0.236 e. The average Bonchev–Trinajstić information content (AvgIpc) is 3.82. The van der Waals surface area contributed by atoms with Crippen molar-refractivity contribution in [1.29, 1.82) is 0 Å². The first-order valence-corrected chi connectivity index (χ1v) is 19.6. The molecule has 0 unspecified atom stereocenters. The van der Waals surface area contributed by atoms with Crippen LogP contribution in [0.15, 0.2) is 176 Å². The van der Waals surface area contributed by atoms with Gasteiger partial charge in [-0.2, -0.15) is 0 Å². The molecule has 0 spiro atoms. The monoisotopic (exact) mass is 723 g/mol. The fraction of sp³-hybridized carbons (Fsp3) is 0. The van der Waals surface area contributed by atoms with Crippen molar-refractivity contribution in [2.45, 2.75) is 0 Å². The normalized spacial score (nSPS) is 11.7. The van der Waals surface area contributed by atoms with Gasteiger partial charge in [0, 0.05) is 63.3 Å². The van der Waals surface area contributed by atoms with Crippen LogP contribution in [0.25, 0.3) is 108 Å². The van der Waals surface area contributed by atoms with Gasteiger partial charge in [-0.1, -0.05) is 158 Å². The maximum atomic E-state index is 5.27. The Bertz CT molecular complexity index is 3200. The van der Waals surface area contributed by atoms with E-state index in [0.29, 0.717) is 5.82 Å². The van der Waals surface area contributed by atoms with Crippen molar-refractivity contribution in [3.05, 3.63) is 176 Å². The molecule has 5 heteroatoms. The Hall–Kier alpha value is -6.53. The maximum absolute atomic E-state index is 5.27. The van der Waals surface area contributed by atoms with Gasteiger partial charge in [-0.3, -0.25) is 0 Å². The van der Waals surface area contributed by atoms with Crippen molar-refractivity contribution in [2.75, 3.05) is 0 Å². The Morgan fingerprint density at radius 1 is 0.352 bits per heavy atom. The Labute approximate surface area is 319 Å². The Kier molecular flexibility index (Phi) is 7.22. The molecule has 54 heavy (non-hydrogen) atoms. The first-order valence-electron chi connectivity index (χ1n) is 18.0. The Morgan fingerprint density at radius 2 is 0.907 bits per heavy atom. The van der Waals surface area contributed by atoms with Crippen molar-refractivity contribution >= 4 is 73.9 Å². The van der Waals surface area contributed by atoms with Gasteiger partial charge in [-0.05, 0) is 34.7 Å². The van der Waals surface area contributed by atoms with E-state index in [-0.39, 0.29) is 0 Å². The summed E-state index contributed by atoms with van der Waals surface area (Å²) in [6.45, 7) is 0. The fourth-order valence-corrected chi connectivity index (χ4v) is 10.0. The topological polar surface area (TPSA) is 38.7 Å². The minimum absolute atomic E-state index is 0.703. The van der Waals surface area contributed by atoms with Crippen molar-refractivity contribution in [3.8, 4) is 56.3 Å². The number of aromatic nitrogens is 3. The molecule has 4 heterocycles. The first-order chi connectivity index (χ1) is 26.7. The molecule has 0 aliphatic rings. The van der Waals surface area contributed by atoms with Gasteiger partial charge in [0.05, 0.1) is 17.1 Å². The van der Waals surface area contributed by atoms with Crippen LogP contribution in [0.2, 0.25) is 0 Å². The summed E-state index contributed by atoms with van der Waals surface area (Å²) in [5.41, 5.74) is 9.35. The standard InChI is InChI=1S/C49H29N3S2/c1-2-11-34(12-3-1)48-50-41(31-23-21-30(22-24-31)35-17-10-18-39-36-13-6-8-19-43(36)53-47(35)39)29-42(51-48)32-25-27-33(28-26-32)46-38-15-5-4-14-37(38)45-40-16-7-9-20-44(40)54-49(45)52-46/h1-29H. The molecule has 11 rings (SSSR count). The number of benzene rings is 7. The minimum atomic E-state index is 0.703. The van der Waals surface area contributed by atoms with Gasteiger partial charge in [0.2, 0.25) is 0 Å². The van der Waals surface area contributed by atoms with E-state index in [1.54, 1.807) is 11.3 Å². The molecule has 11 aromatic rings. The third-order valence-electron chi connectivity index (χ3n) is 10.3. The van der Waals surface area contributed by atoms with Gasteiger partial charge >= 0.3 is 0 Å². The predicted molar refractivity (Wildman–Crippen MR) is 230 cm³/mol. The van der Waals surface area contributed by atoms with Crippen molar-refractivity contribution < 1.29 is 0 Å². The summed E-state index contributed by atoms with van der Waals surface area (Å²) in [4.78, 5) is 16.6. The molecule has 7 aromatic carbocycles. The van der Waals surface area contributed by atoms with Gasteiger partial charge in [0.1, 0.15) is 4.83 Å². The number of rotatable bonds is 5. The molecule has 0 saturated carbocycles. The van der Waals surface area contributed by atoms with Crippen molar-refractivity contribution in [3.63, 3.8) is 0 Å². The van der Waals surface area contributed by atoms with E-state index < -0.39 is 0 Å². The zero-order valence-corrected chi connectivity index (χ0v) is 30.5. The van der Waals surface area contributed by atoms with E-state index in [1.165, 1.54) is 52.2 Å². The van der Waals surface area contributed by atoms with E-state index in [2.05, 4.69) is 158 Å². The van der Waals surface area contributed by atoms with Gasteiger partial charge in [0.15, 0.2) is 5.82 Å². The average molecular weight is 724 g/mol. The molecule has 0 bridgehead atoms. The van der Waals surface area contributed by atoms with Gasteiger partial charge in [-0.25, -0.2) is 15.0 Å². The van der Waals surface area contributed by atoms with Crippen LogP contribution in [0.3, 0.4) is 0 Å². The van der Waals surface area contributed by atoms with Gasteiger partial charge in [0.25, 0.3) is 0 Å². The summed E-state index contributed by atoms with van der Waals surface area (Å²) in [7, 11) is 0. The molecule has 0 aliphatic carbocycles. The second-order valence-electron chi connectivity index (χ2n) is 13.5. The number of hydrogen-bond donors (Lipinski definition) is 0. The fourth-order valence-electron chi connectivity index (χ4n) is 7.71. The molecule has 0 aliphatic heterocycles. The van der Waals surface area contributed by atoms with E-state index in [0.717, 1.165) is 49.6 Å². The number of nitrogens with zero attached hydrogens (tertiary/aromatic N) is 3. The molecule has 3 nitrogen and oxygen atoms in total. The molecule has 0 fully saturated rings. The van der Waals surface area contributed by atoms with Crippen LogP contribution in [0.4, 0.5) is 0 Å². The second-order valence-corrected chi connectivity index (χ2v) is 15.6. The minimum Gasteiger partial charge on any atom is -0.236 e. The first kappa shape index (κ1) is 31.0. The lowest BCUT2D eigenvalue weighted by atomic mass is 9.98. The molecule has 0 radical (unpaired) electrons. The quantitative estimate of drug-likeness (QED) is 0.177. The predicted octanol–water partition coefficient (Wildman–Crippen LogP) is 14.1. The number of pyridine rings is 1.